The molecule has 4 aromatic rings. The van der Waals surface area contributed by atoms with Crippen LogP contribution in [0, 0.1) is 0 Å². The van der Waals surface area contributed by atoms with Crippen LogP contribution in [0.15, 0.2) is 71.6 Å². The van der Waals surface area contributed by atoms with Gasteiger partial charge < -0.3 is 19.5 Å². The summed E-state index contributed by atoms with van der Waals surface area (Å²) >= 11 is 0. The highest BCUT2D eigenvalue weighted by Gasteiger charge is 2.21. The van der Waals surface area contributed by atoms with E-state index in [1.807, 2.05) is 18.2 Å². The highest BCUT2D eigenvalue weighted by Crippen LogP contribution is 2.33. The fourth-order valence-corrected chi connectivity index (χ4v) is 4.60. The Balaban J connectivity index is 1.78. The van der Waals surface area contributed by atoms with Gasteiger partial charge in [0.2, 0.25) is 0 Å². The normalized spacial score (nSPS) is 11.2. The number of aromatic nitrogens is 2. The van der Waals surface area contributed by atoms with Crippen molar-refractivity contribution in [2.45, 2.75) is 10.6 Å². The maximum Gasteiger partial charge on any atom is 0.184 e. The second-order valence-electron chi connectivity index (χ2n) is 7.13. The molecular weight excluding hydrogens is 442 g/mol. The highest BCUT2D eigenvalue weighted by atomic mass is 32.2. The van der Waals surface area contributed by atoms with E-state index in [4.69, 9.17) is 14.2 Å². The second-order valence-corrected chi connectivity index (χ2v) is 9.12. The van der Waals surface area contributed by atoms with Gasteiger partial charge in [0.05, 0.1) is 48.6 Å². The van der Waals surface area contributed by atoms with Crippen LogP contribution in [0.4, 0.5) is 11.5 Å². The lowest BCUT2D eigenvalue weighted by Crippen LogP contribution is -2.11. The molecule has 9 heteroatoms. The number of nitrogens with one attached hydrogen (secondary N) is 1. The third kappa shape index (κ3) is 4.83. The van der Waals surface area contributed by atoms with Crippen LogP contribution in [0.2, 0.25) is 0 Å². The number of fused-ring (bicyclic) bond motifs is 1. The predicted octanol–water partition coefficient (Wildman–Crippen LogP) is 4.37. The molecule has 0 aliphatic heterocycles. The van der Waals surface area contributed by atoms with Crippen LogP contribution >= 0.6 is 0 Å². The number of hydrogen-bond donors (Lipinski definition) is 1. The molecule has 1 aromatic heterocycles. The summed E-state index contributed by atoms with van der Waals surface area (Å²) in [4.78, 5) is 9.43. The summed E-state index contributed by atoms with van der Waals surface area (Å²) in [5, 5.41) is 3.19. The average molecular weight is 466 g/mol. The maximum atomic E-state index is 13.2. The van der Waals surface area contributed by atoms with E-state index < -0.39 is 9.84 Å². The largest absolute Gasteiger partial charge is 0.497 e. The molecule has 4 rings (SSSR count). The number of methoxy groups -OCH3 is 3. The van der Waals surface area contributed by atoms with Crippen LogP contribution in [0.5, 0.6) is 17.2 Å². The molecule has 0 fully saturated rings. The first-order valence-corrected chi connectivity index (χ1v) is 11.7. The first-order chi connectivity index (χ1) is 15.9. The number of anilines is 2. The lowest BCUT2D eigenvalue weighted by Gasteiger charge is -2.15. The summed E-state index contributed by atoms with van der Waals surface area (Å²) in [6.45, 7) is 0. The smallest absolute Gasteiger partial charge is 0.184 e. The molecule has 0 saturated carbocycles. The van der Waals surface area contributed by atoms with Gasteiger partial charge in [0.15, 0.2) is 15.7 Å². The lowest BCUT2D eigenvalue weighted by molar-refractivity contribution is 0.405. The van der Waals surface area contributed by atoms with Gasteiger partial charge in [0.25, 0.3) is 0 Å². The molecule has 33 heavy (non-hydrogen) atoms. The van der Waals surface area contributed by atoms with E-state index in [0.29, 0.717) is 39.8 Å². The predicted molar refractivity (Wildman–Crippen MR) is 126 cm³/mol. The second kappa shape index (κ2) is 9.33. The topological polar surface area (TPSA) is 99.6 Å². The Morgan fingerprint density at radius 2 is 1.42 bits per heavy atom. The van der Waals surface area contributed by atoms with Crippen molar-refractivity contribution in [1.29, 1.82) is 0 Å². The van der Waals surface area contributed by atoms with E-state index in [9.17, 15) is 8.42 Å². The quantitative estimate of drug-likeness (QED) is 0.409. The molecule has 0 saturated heterocycles. The summed E-state index contributed by atoms with van der Waals surface area (Å²) < 4.78 is 42.2. The summed E-state index contributed by atoms with van der Waals surface area (Å²) in [6, 6.07) is 18.8. The van der Waals surface area contributed by atoms with Crippen LogP contribution in [0.25, 0.3) is 11.0 Å². The van der Waals surface area contributed by atoms with Crippen molar-refractivity contribution in [2.24, 2.45) is 0 Å². The molecule has 0 aliphatic carbocycles. The van der Waals surface area contributed by atoms with Crippen molar-refractivity contribution in [3.05, 3.63) is 72.4 Å². The van der Waals surface area contributed by atoms with Crippen LogP contribution < -0.4 is 19.5 Å². The van der Waals surface area contributed by atoms with Crippen molar-refractivity contribution >= 4 is 32.4 Å². The Labute approximate surface area is 192 Å². The highest BCUT2D eigenvalue weighted by molar-refractivity contribution is 7.90. The monoisotopic (exact) mass is 465 g/mol. The fourth-order valence-electron chi connectivity index (χ4n) is 3.32. The standard InChI is InChI=1S/C24H23N3O5S/c1-30-16-8-11-18(12-9-16)33(28,29)15-22-24(26-20-7-5-4-6-19(20)25-22)27-21-14-17(31-2)10-13-23(21)32-3/h4-14H,15H2,1-3H3,(H,26,27). The summed E-state index contributed by atoms with van der Waals surface area (Å²) in [7, 11) is 0.936. The van der Waals surface area contributed by atoms with Gasteiger partial charge in [0.1, 0.15) is 23.0 Å². The minimum atomic E-state index is -3.70. The van der Waals surface area contributed by atoms with Gasteiger partial charge >= 0.3 is 0 Å². The Kier molecular flexibility index (Phi) is 6.32. The Morgan fingerprint density at radius 1 is 0.788 bits per heavy atom. The van der Waals surface area contributed by atoms with Gasteiger partial charge in [-0.1, -0.05) is 12.1 Å². The number of rotatable bonds is 8. The summed E-state index contributed by atoms with van der Waals surface area (Å²) in [6.07, 6.45) is 0. The number of benzene rings is 3. The lowest BCUT2D eigenvalue weighted by atomic mass is 10.2. The first kappa shape index (κ1) is 22.3. The zero-order chi connectivity index (χ0) is 23.4. The third-order valence-electron chi connectivity index (χ3n) is 5.05. The molecule has 1 heterocycles. The number of nitrogens with zero attached hydrogens (tertiary/aromatic N) is 2. The minimum Gasteiger partial charge on any atom is -0.497 e. The van der Waals surface area contributed by atoms with E-state index >= 15 is 0 Å². The third-order valence-corrected chi connectivity index (χ3v) is 6.69. The molecule has 0 atom stereocenters. The van der Waals surface area contributed by atoms with Gasteiger partial charge in [-0.3, -0.25) is 0 Å². The van der Waals surface area contributed by atoms with Crippen molar-refractivity contribution in [1.82, 2.24) is 9.97 Å². The van der Waals surface area contributed by atoms with Crippen molar-refractivity contribution in [2.75, 3.05) is 26.6 Å². The SMILES string of the molecule is COc1ccc(S(=O)(=O)Cc2nc3ccccc3nc2Nc2cc(OC)ccc2OC)cc1. The molecule has 0 aliphatic rings. The van der Waals surface area contributed by atoms with Gasteiger partial charge in [-0.05, 0) is 48.5 Å². The van der Waals surface area contributed by atoms with Crippen LogP contribution in [0.3, 0.4) is 0 Å². The molecule has 0 radical (unpaired) electrons. The minimum absolute atomic E-state index is 0.170. The molecule has 170 valence electrons. The zero-order valence-electron chi connectivity index (χ0n) is 18.4. The van der Waals surface area contributed by atoms with Crippen molar-refractivity contribution < 1.29 is 22.6 Å². The average Bonchev–Trinajstić information content (AvgIpc) is 2.84. The fraction of sp³-hybridized carbons (Fsp3) is 0.167. The molecule has 0 amide bonds. The molecule has 0 spiro atoms. The van der Waals surface area contributed by atoms with E-state index in [0.717, 1.165) is 0 Å². The molecule has 0 bridgehead atoms. The van der Waals surface area contributed by atoms with Crippen molar-refractivity contribution in [3.8, 4) is 17.2 Å². The van der Waals surface area contributed by atoms with E-state index in [2.05, 4.69) is 15.3 Å². The first-order valence-electron chi connectivity index (χ1n) is 10.0. The van der Waals surface area contributed by atoms with Crippen LogP contribution in [0.1, 0.15) is 5.69 Å². The van der Waals surface area contributed by atoms with Gasteiger partial charge in [-0.2, -0.15) is 0 Å². The van der Waals surface area contributed by atoms with Crippen LogP contribution in [-0.2, 0) is 15.6 Å². The van der Waals surface area contributed by atoms with Gasteiger partial charge in [-0.15, -0.1) is 0 Å². The van der Waals surface area contributed by atoms with E-state index in [1.165, 1.54) is 19.2 Å². The van der Waals surface area contributed by atoms with Gasteiger partial charge in [-0.25, -0.2) is 18.4 Å². The van der Waals surface area contributed by atoms with E-state index in [-0.39, 0.29) is 16.3 Å². The molecule has 0 unspecified atom stereocenters. The maximum absolute atomic E-state index is 13.2. The summed E-state index contributed by atoms with van der Waals surface area (Å²) in [5.41, 5.74) is 2.09. The Bertz CT molecular complexity index is 1390. The number of para-hydroxylation sites is 2. The van der Waals surface area contributed by atoms with E-state index in [1.54, 1.807) is 50.6 Å². The number of sulfone groups is 1. The zero-order valence-corrected chi connectivity index (χ0v) is 19.2. The van der Waals surface area contributed by atoms with Crippen molar-refractivity contribution in [3.63, 3.8) is 0 Å². The Hall–Kier alpha value is -3.85. The number of hydrogen-bond acceptors (Lipinski definition) is 8. The number of ether oxygens (including phenoxy) is 3. The molecule has 3 aromatic carbocycles. The molecular formula is C24H23N3O5S. The Morgan fingerprint density at radius 3 is 2.06 bits per heavy atom. The van der Waals surface area contributed by atoms with Crippen LogP contribution in [-0.4, -0.2) is 39.7 Å². The summed E-state index contributed by atoms with van der Waals surface area (Å²) in [5.74, 6) is 1.71. The molecule has 1 N–H and O–H groups in total. The van der Waals surface area contributed by atoms with Gasteiger partial charge in [0, 0.05) is 6.07 Å². The molecule has 8 nitrogen and oxygen atoms in total.